The van der Waals surface area contributed by atoms with Crippen molar-refractivity contribution in [3.63, 3.8) is 0 Å². The molecule has 0 radical (unpaired) electrons. The smallest absolute Gasteiger partial charge is 0.261 e. The molecule has 2 aliphatic rings. The van der Waals surface area contributed by atoms with Gasteiger partial charge in [-0.1, -0.05) is 36.1 Å². The number of benzene rings is 2. The van der Waals surface area contributed by atoms with E-state index in [0.29, 0.717) is 16.3 Å². The minimum atomic E-state index is -0.491. The Morgan fingerprint density at radius 1 is 1.03 bits per heavy atom. The van der Waals surface area contributed by atoms with E-state index in [2.05, 4.69) is 11.5 Å². The van der Waals surface area contributed by atoms with Crippen molar-refractivity contribution in [3.05, 3.63) is 72.1 Å². The Balaban J connectivity index is 1.31. The van der Waals surface area contributed by atoms with Crippen LogP contribution in [0.5, 0.6) is 11.5 Å². The Morgan fingerprint density at radius 3 is 2.31 bits per heavy atom. The van der Waals surface area contributed by atoms with Gasteiger partial charge in [-0.15, -0.1) is 0 Å². The molecular weight excluding hydrogens is 424 g/mol. The number of aromatic nitrogens is 1. The van der Waals surface area contributed by atoms with Gasteiger partial charge >= 0.3 is 0 Å². The molecule has 0 bridgehead atoms. The highest BCUT2D eigenvalue weighted by Crippen LogP contribution is 2.44. The van der Waals surface area contributed by atoms with Crippen LogP contribution in [0.3, 0.4) is 0 Å². The van der Waals surface area contributed by atoms with Gasteiger partial charge in [0.15, 0.2) is 5.13 Å². The van der Waals surface area contributed by atoms with Crippen molar-refractivity contribution in [2.75, 3.05) is 31.1 Å². The average molecular weight is 447 g/mol. The number of nitrogens with two attached hydrogens (primary N) is 1. The number of hydrogen-bond donors (Lipinski definition) is 1. The minimum Gasteiger partial charge on any atom is -0.457 e. The molecule has 2 aliphatic heterocycles. The second-order valence-corrected chi connectivity index (χ2v) is 9.21. The van der Waals surface area contributed by atoms with Crippen molar-refractivity contribution in [2.45, 2.75) is 0 Å². The van der Waals surface area contributed by atoms with E-state index in [0.717, 1.165) is 42.6 Å². The molecule has 5 rings (SSSR count). The maximum Gasteiger partial charge on any atom is 0.261 e. The molecule has 7 nitrogen and oxygen atoms in total. The highest BCUT2D eigenvalue weighted by atomic mass is 32.1. The number of hydrogen-bond acceptors (Lipinski definition) is 6. The van der Waals surface area contributed by atoms with Crippen LogP contribution in [0.15, 0.2) is 67.3 Å². The van der Waals surface area contributed by atoms with Crippen LogP contribution in [0.4, 0.5) is 5.13 Å². The van der Waals surface area contributed by atoms with Gasteiger partial charge in [0.25, 0.3) is 5.91 Å². The topological polar surface area (TPSA) is 88.8 Å². The van der Waals surface area contributed by atoms with E-state index >= 15 is 0 Å². The molecule has 0 atom stereocenters. The number of primary amides is 1. The summed E-state index contributed by atoms with van der Waals surface area (Å²) in [5.41, 5.74) is 7.16. The molecule has 3 heterocycles. The van der Waals surface area contributed by atoms with E-state index in [1.165, 1.54) is 17.4 Å². The van der Waals surface area contributed by atoms with Gasteiger partial charge in [-0.3, -0.25) is 9.59 Å². The number of carbonyl (C=O) groups is 2. The van der Waals surface area contributed by atoms with E-state index in [-0.39, 0.29) is 11.3 Å². The molecule has 8 heteroatoms. The van der Waals surface area contributed by atoms with Crippen LogP contribution in [0.25, 0.3) is 11.3 Å². The number of amides is 2. The van der Waals surface area contributed by atoms with E-state index < -0.39 is 5.91 Å². The zero-order valence-corrected chi connectivity index (χ0v) is 18.2. The summed E-state index contributed by atoms with van der Waals surface area (Å²) < 4.78 is 5.84. The largest absolute Gasteiger partial charge is 0.457 e. The Kier molecular flexibility index (Phi) is 4.94. The predicted molar refractivity (Wildman–Crippen MR) is 124 cm³/mol. The van der Waals surface area contributed by atoms with E-state index in [1.54, 1.807) is 4.90 Å². The summed E-state index contributed by atoms with van der Waals surface area (Å²) in [5.74, 6) is 0.936. The molecule has 2 amide bonds. The summed E-state index contributed by atoms with van der Waals surface area (Å²) in [7, 11) is 0. The molecule has 3 aromatic rings. The van der Waals surface area contributed by atoms with Crippen LogP contribution in [-0.2, 0) is 4.79 Å². The van der Waals surface area contributed by atoms with Gasteiger partial charge in [-0.05, 0) is 42.5 Å². The van der Waals surface area contributed by atoms with Crippen LogP contribution in [0.2, 0.25) is 0 Å². The summed E-state index contributed by atoms with van der Waals surface area (Å²) >= 11 is 1.31. The lowest BCUT2D eigenvalue weighted by atomic mass is 9.73. The summed E-state index contributed by atoms with van der Waals surface area (Å²) in [4.78, 5) is 32.9. The van der Waals surface area contributed by atoms with Gasteiger partial charge in [0, 0.05) is 37.2 Å². The van der Waals surface area contributed by atoms with Crippen molar-refractivity contribution in [3.8, 4) is 22.8 Å². The molecule has 2 aromatic carbocycles. The zero-order chi connectivity index (χ0) is 22.3. The molecule has 0 saturated carbocycles. The Labute approximate surface area is 189 Å². The van der Waals surface area contributed by atoms with Crippen molar-refractivity contribution < 1.29 is 14.3 Å². The average Bonchev–Trinajstić information content (AvgIpc) is 3.18. The fraction of sp³-hybridized carbons (Fsp3) is 0.208. The number of rotatable bonds is 6. The quantitative estimate of drug-likeness (QED) is 0.585. The van der Waals surface area contributed by atoms with Crippen molar-refractivity contribution >= 4 is 28.3 Å². The lowest BCUT2D eigenvalue weighted by molar-refractivity contribution is -0.139. The number of ether oxygens (including phenoxy) is 1. The van der Waals surface area contributed by atoms with Crippen LogP contribution >= 0.6 is 11.3 Å². The van der Waals surface area contributed by atoms with Gasteiger partial charge < -0.3 is 20.3 Å². The lowest BCUT2D eigenvalue weighted by Gasteiger charge is -2.60. The first-order chi connectivity index (χ1) is 15.5. The minimum absolute atomic E-state index is 0.0266. The molecule has 0 aliphatic carbocycles. The fourth-order valence-corrected chi connectivity index (χ4v) is 5.20. The number of nitrogens with zero attached hydrogens (tertiary/aromatic N) is 3. The van der Waals surface area contributed by atoms with Gasteiger partial charge in [0.1, 0.15) is 16.4 Å². The van der Waals surface area contributed by atoms with Crippen LogP contribution < -0.4 is 15.4 Å². The summed E-state index contributed by atoms with van der Waals surface area (Å²) in [6.07, 6.45) is 1.35. The SMILES string of the molecule is C=CC(=O)N1CC2(C1)CN(c1nc(-c3ccc(Oc4ccccc4)cc3)c(C(N)=O)s1)C2. The first kappa shape index (κ1) is 20.3. The number of para-hydroxylation sites is 1. The van der Waals surface area contributed by atoms with Crippen molar-refractivity contribution in [1.82, 2.24) is 9.88 Å². The molecule has 0 unspecified atom stereocenters. The molecule has 1 aromatic heterocycles. The highest BCUT2D eigenvalue weighted by Gasteiger charge is 2.53. The molecule has 2 N–H and O–H groups in total. The third-order valence-electron chi connectivity index (χ3n) is 5.81. The monoisotopic (exact) mass is 446 g/mol. The fourth-order valence-electron chi connectivity index (χ4n) is 4.26. The second kappa shape index (κ2) is 7.80. The first-order valence-electron chi connectivity index (χ1n) is 10.3. The zero-order valence-electron chi connectivity index (χ0n) is 17.4. The highest BCUT2D eigenvalue weighted by molar-refractivity contribution is 7.18. The standard InChI is InChI=1S/C24H22N4O3S/c1-2-19(29)27-12-24(13-27)14-28(15-24)23-26-20(21(32-23)22(25)30)16-8-10-18(11-9-16)31-17-6-4-3-5-7-17/h2-11H,1,12-15H2,(H2,25,30). The van der Waals surface area contributed by atoms with Gasteiger partial charge in [-0.2, -0.15) is 0 Å². The molecule has 2 fully saturated rings. The van der Waals surface area contributed by atoms with Gasteiger partial charge in [0.2, 0.25) is 5.91 Å². The summed E-state index contributed by atoms with van der Waals surface area (Å²) in [6, 6.07) is 17.0. The van der Waals surface area contributed by atoms with Crippen LogP contribution in [-0.4, -0.2) is 47.9 Å². The Bertz CT molecular complexity index is 1180. The lowest BCUT2D eigenvalue weighted by Crippen LogP contribution is -2.73. The van der Waals surface area contributed by atoms with Crippen LogP contribution in [0.1, 0.15) is 9.67 Å². The van der Waals surface area contributed by atoms with Crippen molar-refractivity contribution in [2.24, 2.45) is 11.1 Å². The maximum atomic E-state index is 12.1. The number of carbonyl (C=O) groups excluding carboxylic acids is 2. The van der Waals surface area contributed by atoms with Crippen LogP contribution in [0, 0.1) is 5.41 Å². The molecular formula is C24H22N4O3S. The van der Waals surface area contributed by atoms with Gasteiger partial charge in [-0.25, -0.2) is 4.98 Å². The molecule has 1 spiro atoms. The molecule has 32 heavy (non-hydrogen) atoms. The number of anilines is 1. The van der Waals surface area contributed by atoms with Crippen molar-refractivity contribution in [1.29, 1.82) is 0 Å². The van der Waals surface area contributed by atoms with E-state index in [1.807, 2.05) is 54.6 Å². The normalized spacial score (nSPS) is 16.2. The Hall–Kier alpha value is -3.65. The summed E-state index contributed by atoms with van der Waals surface area (Å²) in [6.45, 7) is 6.63. The molecule has 162 valence electrons. The first-order valence-corrected chi connectivity index (χ1v) is 11.1. The van der Waals surface area contributed by atoms with E-state index in [9.17, 15) is 9.59 Å². The maximum absolute atomic E-state index is 12.1. The third kappa shape index (κ3) is 3.62. The predicted octanol–water partition coefficient (Wildman–Crippen LogP) is 3.54. The Morgan fingerprint density at radius 2 is 1.69 bits per heavy atom. The second-order valence-electron chi connectivity index (χ2n) is 8.23. The van der Waals surface area contributed by atoms with Gasteiger partial charge in [0.05, 0.1) is 5.69 Å². The van der Waals surface area contributed by atoms with E-state index in [4.69, 9.17) is 15.5 Å². The number of thiazole rings is 1. The third-order valence-corrected chi connectivity index (χ3v) is 6.94. The summed E-state index contributed by atoms with van der Waals surface area (Å²) in [5, 5.41) is 0.775. The molecule has 2 saturated heterocycles. The number of likely N-dealkylation sites (tertiary alicyclic amines) is 1.